The van der Waals surface area contributed by atoms with Gasteiger partial charge in [-0.15, -0.1) is 0 Å². The van der Waals surface area contributed by atoms with E-state index in [-0.39, 0.29) is 51.2 Å². The molecule has 0 aliphatic carbocycles. The molecule has 0 aromatic heterocycles. The van der Waals surface area contributed by atoms with Crippen molar-refractivity contribution < 1.29 is 29.1 Å². The Balaban J connectivity index is 5.03. The predicted molar refractivity (Wildman–Crippen MR) is 119 cm³/mol. The quantitative estimate of drug-likeness (QED) is 0.0748. The highest BCUT2D eigenvalue weighted by atomic mass is 16.4. The number of carbonyl (C=O) groups excluding carboxylic acids is 4. The summed E-state index contributed by atoms with van der Waals surface area (Å²) in [6, 6.07) is -2.57. The Labute approximate surface area is 192 Å². The van der Waals surface area contributed by atoms with Crippen LogP contribution in [0.4, 0.5) is 4.79 Å². The third-order valence-electron chi connectivity index (χ3n) is 4.46. The van der Waals surface area contributed by atoms with Gasteiger partial charge >= 0.3 is 12.0 Å². The first-order valence-corrected chi connectivity index (χ1v) is 10.7. The van der Waals surface area contributed by atoms with Crippen LogP contribution in [0, 0.1) is 5.92 Å². The van der Waals surface area contributed by atoms with Crippen LogP contribution < -0.4 is 27.0 Å². The summed E-state index contributed by atoms with van der Waals surface area (Å²) in [7, 11) is 0. The van der Waals surface area contributed by atoms with Crippen molar-refractivity contribution in [1.29, 1.82) is 0 Å². The van der Waals surface area contributed by atoms with Gasteiger partial charge in [0.2, 0.25) is 17.7 Å². The Morgan fingerprint density at radius 2 is 1.64 bits per heavy atom. The lowest BCUT2D eigenvalue weighted by atomic mass is 10.0. The van der Waals surface area contributed by atoms with E-state index in [9.17, 15) is 24.0 Å². The van der Waals surface area contributed by atoms with E-state index in [0.29, 0.717) is 12.8 Å². The maximum atomic E-state index is 12.8. The minimum absolute atomic E-state index is 0.0712. The first-order valence-electron chi connectivity index (χ1n) is 10.7. The molecule has 0 saturated carbocycles. The maximum absolute atomic E-state index is 12.8. The fourth-order valence-corrected chi connectivity index (χ4v) is 2.76. The molecular formula is C19H34N8O6. The number of urea groups is 1. The number of amides is 5. The molecule has 0 spiro atoms. The highest BCUT2D eigenvalue weighted by Crippen LogP contribution is 2.06. The number of carbonyl (C=O) groups is 5. The summed E-state index contributed by atoms with van der Waals surface area (Å²) in [5, 5.41) is 22.3. The molecule has 0 fully saturated rings. The molecule has 0 bridgehead atoms. The molecule has 0 aliphatic heterocycles. The smallest absolute Gasteiger partial charge is 0.312 e. The lowest BCUT2D eigenvalue weighted by Crippen LogP contribution is -2.55. The van der Waals surface area contributed by atoms with Gasteiger partial charge in [0, 0.05) is 37.4 Å². The normalized spacial score (nSPS) is 12.1. The number of nitrogens with zero attached hydrogens (tertiary/aromatic N) is 3. The number of primary amides is 1. The van der Waals surface area contributed by atoms with Gasteiger partial charge in [0.05, 0.1) is 0 Å². The molecule has 33 heavy (non-hydrogen) atoms. The Kier molecular flexibility index (Phi) is 15.2. The molecule has 0 unspecified atom stereocenters. The van der Waals surface area contributed by atoms with Crippen molar-refractivity contribution in [1.82, 2.24) is 21.3 Å². The zero-order valence-electron chi connectivity index (χ0n) is 19.0. The first-order chi connectivity index (χ1) is 15.6. The molecule has 5 amide bonds. The topological polar surface area (TPSA) is 228 Å². The molecule has 0 heterocycles. The number of rotatable bonds is 17. The van der Waals surface area contributed by atoms with E-state index in [1.54, 1.807) is 13.8 Å². The second-order valence-corrected chi connectivity index (χ2v) is 7.63. The Morgan fingerprint density at radius 1 is 0.970 bits per heavy atom. The Hall–Kier alpha value is -3.54. The standard InChI is InChI=1S/C19H34N8O6/c1-12(2)16(26-14(28)7-4-11-24-27-21)18(32)25-13(6-3-10-23-19(20)33)17(31)22-9-5-8-15(29)30/h12-13,16H,3-11H2,1-2H3,(H,22,31)(H,25,32)(H,26,28)(H,29,30)(H3,20,23,33)/t13-,16+/m0/s1. The van der Waals surface area contributed by atoms with E-state index in [1.165, 1.54) is 0 Å². The van der Waals surface area contributed by atoms with Crippen LogP contribution in [0.25, 0.3) is 10.4 Å². The zero-order valence-corrected chi connectivity index (χ0v) is 19.0. The van der Waals surface area contributed by atoms with E-state index >= 15 is 0 Å². The van der Waals surface area contributed by atoms with Crippen LogP contribution in [-0.4, -0.2) is 66.5 Å². The molecule has 186 valence electrons. The van der Waals surface area contributed by atoms with Crippen molar-refractivity contribution in [2.24, 2.45) is 16.8 Å². The van der Waals surface area contributed by atoms with Gasteiger partial charge in [0.15, 0.2) is 0 Å². The summed E-state index contributed by atoms with van der Waals surface area (Å²) < 4.78 is 0. The van der Waals surface area contributed by atoms with Crippen molar-refractivity contribution in [2.75, 3.05) is 19.6 Å². The molecule has 0 aromatic carbocycles. The van der Waals surface area contributed by atoms with Crippen molar-refractivity contribution >= 4 is 29.7 Å². The van der Waals surface area contributed by atoms with Crippen molar-refractivity contribution in [3.63, 3.8) is 0 Å². The van der Waals surface area contributed by atoms with Crippen molar-refractivity contribution in [3.8, 4) is 0 Å². The van der Waals surface area contributed by atoms with Crippen LogP contribution in [0.2, 0.25) is 0 Å². The van der Waals surface area contributed by atoms with Crippen LogP contribution in [0.5, 0.6) is 0 Å². The summed E-state index contributed by atoms with van der Waals surface area (Å²) in [5.74, 6) is -2.71. The minimum Gasteiger partial charge on any atom is -0.481 e. The monoisotopic (exact) mass is 470 g/mol. The second-order valence-electron chi connectivity index (χ2n) is 7.63. The lowest BCUT2D eigenvalue weighted by Gasteiger charge is -2.25. The van der Waals surface area contributed by atoms with E-state index in [4.69, 9.17) is 16.4 Å². The number of carboxylic acids is 1. The number of azide groups is 1. The predicted octanol–water partition coefficient (Wildman–Crippen LogP) is 0.132. The van der Waals surface area contributed by atoms with Crippen LogP contribution in [0.3, 0.4) is 0 Å². The average Bonchev–Trinajstić information content (AvgIpc) is 2.73. The Morgan fingerprint density at radius 3 is 2.21 bits per heavy atom. The summed E-state index contributed by atoms with van der Waals surface area (Å²) in [6.07, 6.45) is 1.04. The van der Waals surface area contributed by atoms with Gasteiger partial charge in [-0.25, -0.2) is 4.79 Å². The minimum atomic E-state index is -0.985. The number of aliphatic carboxylic acids is 1. The lowest BCUT2D eigenvalue weighted by molar-refractivity contribution is -0.137. The molecule has 0 radical (unpaired) electrons. The molecular weight excluding hydrogens is 436 g/mol. The average molecular weight is 471 g/mol. The van der Waals surface area contributed by atoms with Crippen LogP contribution in [0.1, 0.15) is 52.4 Å². The summed E-state index contributed by atoms with van der Waals surface area (Å²) >= 11 is 0. The third-order valence-corrected chi connectivity index (χ3v) is 4.46. The highest BCUT2D eigenvalue weighted by molar-refractivity contribution is 5.92. The highest BCUT2D eigenvalue weighted by Gasteiger charge is 2.28. The Bertz CT molecular complexity index is 723. The van der Waals surface area contributed by atoms with E-state index < -0.39 is 41.8 Å². The van der Waals surface area contributed by atoms with Crippen LogP contribution in [-0.2, 0) is 19.2 Å². The van der Waals surface area contributed by atoms with Gasteiger partial charge in [-0.3, -0.25) is 19.2 Å². The van der Waals surface area contributed by atoms with Gasteiger partial charge in [-0.2, -0.15) is 0 Å². The number of hydrogen-bond donors (Lipinski definition) is 6. The van der Waals surface area contributed by atoms with Gasteiger partial charge in [0.25, 0.3) is 0 Å². The fourth-order valence-electron chi connectivity index (χ4n) is 2.76. The number of carboxylic acid groups (broad SMARTS) is 1. The summed E-state index contributed by atoms with van der Waals surface area (Å²) in [5.41, 5.74) is 13.3. The molecule has 14 heteroatoms. The molecule has 0 aliphatic rings. The number of hydrogen-bond acceptors (Lipinski definition) is 6. The SMILES string of the molecule is CC(C)[C@@H](NC(=O)CCCN=[N+]=[N-])C(=O)N[C@@H](CCCNC(N)=O)C(=O)NCCCC(=O)O. The molecule has 0 rings (SSSR count). The van der Waals surface area contributed by atoms with E-state index in [2.05, 4.69) is 31.3 Å². The van der Waals surface area contributed by atoms with Gasteiger partial charge in [-0.1, -0.05) is 19.0 Å². The molecule has 2 atom stereocenters. The summed E-state index contributed by atoms with van der Waals surface area (Å²) in [4.78, 5) is 61.6. The number of nitrogens with two attached hydrogens (primary N) is 1. The molecule has 0 aromatic rings. The fraction of sp³-hybridized carbons (Fsp3) is 0.737. The number of nitrogens with one attached hydrogen (secondary N) is 4. The van der Waals surface area contributed by atoms with E-state index in [1.807, 2.05) is 0 Å². The molecule has 0 saturated heterocycles. The van der Waals surface area contributed by atoms with Crippen LogP contribution in [0.15, 0.2) is 5.11 Å². The molecule has 7 N–H and O–H groups in total. The van der Waals surface area contributed by atoms with Gasteiger partial charge < -0.3 is 32.1 Å². The zero-order chi connectivity index (χ0) is 25.2. The second kappa shape index (κ2) is 17.1. The van der Waals surface area contributed by atoms with Gasteiger partial charge in [-0.05, 0) is 37.1 Å². The van der Waals surface area contributed by atoms with Crippen molar-refractivity contribution in [3.05, 3.63) is 10.4 Å². The maximum Gasteiger partial charge on any atom is 0.312 e. The van der Waals surface area contributed by atoms with Crippen molar-refractivity contribution in [2.45, 2.75) is 64.5 Å². The van der Waals surface area contributed by atoms with Gasteiger partial charge in [0.1, 0.15) is 12.1 Å². The first kappa shape index (κ1) is 29.5. The molecule has 14 nitrogen and oxygen atoms in total. The summed E-state index contributed by atoms with van der Waals surface area (Å²) in [6.45, 7) is 3.95. The third kappa shape index (κ3) is 15.0. The van der Waals surface area contributed by atoms with E-state index in [0.717, 1.165) is 0 Å². The van der Waals surface area contributed by atoms with Crippen LogP contribution >= 0.6 is 0 Å². The largest absolute Gasteiger partial charge is 0.481 e.